The summed E-state index contributed by atoms with van der Waals surface area (Å²) in [6.07, 6.45) is 1.03. The first-order valence-electron chi connectivity index (χ1n) is 8.57. The number of aryl methyl sites for hydroxylation is 1. The molecule has 1 amide bonds. The summed E-state index contributed by atoms with van der Waals surface area (Å²) in [5.74, 6) is 0.787. The molecule has 4 aromatic rings. The number of para-hydroxylation sites is 2. The first-order chi connectivity index (χ1) is 12.7. The lowest BCUT2D eigenvalue weighted by molar-refractivity contribution is -0.116. The van der Waals surface area contributed by atoms with E-state index in [1.54, 1.807) is 7.11 Å². The minimum absolute atomic E-state index is 0.0249. The molecule has 26 heavy (non-hydrogen) atoms. The molecule has 1 N–H and O–H groups in total. The Labute approximate surface area is 151 Å². The van der Waals surface area contributed by atoms with Crippen LogP contribution in [-0.2, 0) is 11.2 Å². The lowest BCUT2D eigenvalue weighted by Gasteiger charge is -2.08. The minimum atomic E-state index is -0.0249. The van der Waals surface area contributed by atoms with E-state index in [0.29, 0.717) is 12.8 Å². The maximum atomic E-state index is 12.3. The molecule has 0 fully saturated rings. The van der Waals surface area contributed by atoms with E-state index in [2.05, 4.69) is 5.32 Å². The van der Waals surface area contributed by atoms with Gasteiger partial charge in [-0.15, -0.1) is 0 Å². The van der Waals surface area contributed by atoms with Crippen LogP contribution in [0.25, 0.3) is 21.9 Å². The zero-order valence-electron chi connectivity index (χ0n) is 14.5. The second kappa shape index (κ2) is 6.92. The maximum absolute atomic E-state index is 12.3. The molecule has 0 bridgehead atoms. The number of carbonyl (C=O) groups excluding carboxylic acids is 1. The van der Waals surface area contributed by atoms with E-state index >= 15 is 0 Å². The summed E-state index contributed by atoms with van der Waals surface area (Å²) >= 11 is 0. The lowest BCUT2D eigenvalue weighted by atomic mass is 10.1. The molecule has 1 aromatic heterocycles. The van der Waals surface area contributed by atoms with Crippen molar-refractivity contribution in [2.24, 2.45) is 0 Å². The van der Waals surface area contributed by atoms with Crippen LogP contribution in [-0.4, -0.2) is 13.0 Å². The Bertz CT molecular complexity index is 1080. The molecule has 0 saturated carbocycles. The van der Waals surface area contributed by atoms with Gasteiger partial charge in [-0.25, -0.2) is 0 Å². The van der Waals surface area contributed by atoms with Crippen LogP contribution in [0.2, 0.25) is 0 Å². The molecule has 0 aliphatic heterocycles. The van der Waals surface area contributed by atoms with E-state index in [4.69, 9.17) is 9.15 Å². The summed E-state index contributed by atoms with van der Waals surface area (Å²) in [6.45, 7) is 0. The van der Waals surface area contributed by atoms with Crippen molar-refractivity contribution in [3.63, 3.8) is 0 Å². The number of hydrogen-bond donors (Lipinski definition) is 1. The highest BCUT2D eigenvalue weighted by molar-refractivity contribution is 6.06. The molecule has 0 spiro atoms. The third-order valence-corrected chi connectivity index (χ3v) is 4.47. The van der Waals surface area contributed by atoms with Gasteiger partial charge in [0.1, 0.15) is 16.9 Å². The van der Waals surface area contributed by atoms with Gasteiger partial charge in [0.05, 0.1) is 7.11 Å². The number of nitrogens with one attached hydrogen (secondary N) is 1. The maximum Gasteiger partial charge on any atom is 0.224 e. The van der Waals surface area contributed by atoms with Gasteiger partial charge >= 0.3 is 0 Å². The van der Waals surface area contributed by atoms with Gasteiger partial charge in [-0.3, -0.25) is 4.79 Å². The van der Waals surface area contributed by atoms with Gasteiger partial charge in [0.2, 0.25) is 5.91 Å². The topological polar surface area (TPSA) is 51.5 Å². The lowest BCUT2D eigenvalue weighted by Crippen LogP contribution is -2.12. The summed E-state index contributed by atoms with van der Waals surface area (Å²) < 4.78 is 11.2. The van der Waals surface area contributed by atoms with Crippen molar-refractivity contribution < 1.29 is 13.9 Å². The molecule has 4 nitrogen and oxygen atoms in total. The van der Waals surface area contributed by atoms with Crippen LogP contribution in [0.4, 0.5) is 5.69 Å². The van der Waals surface area contributed by atoms with Gasteiger partial charge in [0, 0.05) is 22.9 Å². The van der Waals surface area contributed by atoms with Gasteiger partial charge in [-0.1, -0.05) is 36.4 Å². The van der Waals surface area contributed by atoms with Gasteiger partial charge in [0.25, 0.3) is 0 Å². The molecule has 0 saturated heterocycles. The summed E-state index contributed by atoms with van der Waals surface area (Å²) in [7, 11) is 1.64. The van der Waals surface area contributed by atoms with E-state index < -0.39 is 0 Å². The van der Waals surface area contributed by atoms with Crippen LogP contribution in [0.5, 0.6) is 5.75 Å². The van der Waals surface area contributed by atoms with Crippen molar-refractivity contribution in [1.82, 2.24) is 0 Å². The molecule has 0 aliphatic carbocycles. The second-order valence-electron chi connectivity index (χ2n) is 6.17. The number of rotatable bonds is 5. The summed E-state index contributed by atoms with van der Waals surface area (Å²) in [6, 6.07) is 21.4. The first-order valence-corrected chi connectivity index (χ1v) is 8.57. The predicted octanol–water partition coefficient (Wildman–Crippen LogP) is 5.17. The molecule has 4 heteroatoms. The average molecular weight is 345 g/mol. The monoisotopic (exact) mass is 345 g/mol. The van der Waals surface area contributed by atoms with Crippen molar-refractivity contribution in [2.45, 2.75) is 12.8 Å². The van der Waals surface area contributed by atoms with Crippen LogP contribution in [0, 0.1) is 0 Å². The summed E-state index contributed by atoms with van der Waals surface area (Å²) in [5.41, 5.74) is 3.47. The van der Waals surface area contributed by atoms with Crippen molar-refractivity contribution >= 4 is 33.5 Å². The Hall–Kier alpha value is -3.27. The van der Waals surface area contributed by atoms with Crippen LogP contribution >= 0.6 is 0 Å². The zero-order valence-corrected chi connectivity index (χ0v) is 14.5. The molecule has 0 unspecified atom stereocenters. The van der Waals surface area contributed by atoms with Crippen LogP contribution in [0.15, 0.2) is 71.1 Å². The van der Waals surface area contributed by atoms with E-state index in [1.807, 2.05) is 66.7 Å². The Morgan fingerprint density at radius 1 is 0.962 bits per heavy atom. The predicted molar refractivity (Wildman–Crippen MR) is 104 cm³/mol. The Balaban J connectivity index is 1.49. The highest BCUT2D eigenvalue weighted by atomic mass is 16.5. The van der Waals surface area contributed by atoms with Gasteiger partial charge in [0.15, 0.2) is 0 Å². The van der Waals surface area contributed by atoms with Crippen molar-refractivity contribution in [2.75, 3.05) is 12.4 Å². The Morgan fingerprint density at radius 2 is 1.73 bits per heavy atom. The minimum Gasteiger partial charge on any atom is -0.496 e. The van der Waals surface area contributed by atoms with Crippen molar-refractivity contribution in [3.05, 3.63) is 72.3 Å². The molecule has 0 aliphatic rings. The van der Waals surface area contributed by atoms with Gasteiger partial charge in [-0.05, 0) is 42.3 Å². The summed E-state index contributed by atoms with van der Waals surface area (Å²) in [4.78, 5) is 12.3. The van der Waals surface area contributed by atoms with Gasteiger partial charge in [-0.2, -0.15) is 0 Å². The molecular formula is C22H19NO3. The standard InChI is InChI=1S/C22H19NO3/c1-25-19-8-4-2-6-15(19)10-13-22(24)23-16-11-12-21-18(14-16)17-7-3-5-9-20(17)26-21/h2-9,11-12,14H,10,13H2,1H3,(H,23,24). The number of fused-ring (bicyclic) bond motifs is 3. The Kier molecular flexibility index (Phi) is 4.32. The normalized spacial score (nSPS) is 11.0. The number of amides is 1. The number of furan rings is 1. The first kappa shape index (κ1) is 16.2. The fourth-order valence-electron chi connectivity index (χ4n) is 3.19. The molecule has 1 heterocycles. The largest absolute Gasteiger partial charge is 0.496 e. The molecular weight excluding hydrogens is 326 g/mol. The smallest absolute Gasteiger partial charge is 0.224 e. The third-order valence-electron chi connectivity index (χ3n) is 4.47. The number of hydrogen-bond acceptors (Lipinski definition) is 3. The van der Waals surface area contributed by atoms with Crippen LogP contribution in [0.1, 0.15) is 12.0 Å². The third kappa shape index (κ3) is 3.14. The number of carbonyl (C=O) groups is 1. The molecule has 130 valence electrons. The number of ether oxygens (including phenoxy) is 1. The van der Waals surface area contributed by atoms with Gasteiger partial charge < -0.3 is 14.5 Å². The number of anilines is 1. The van der Waals surface area contributed by atoms with Crippen LogP contribution < -0.4 is 10.1 Å². The molecule has 0 atom stereocenters. The van der Waals surface area contributed by atoms with Crippen molar-refractivity contribution in [3.8, 4) is 5.75 Å². The quantitative estimate of drug-likeness (QED) is 0.543. The number of methoxy groups -OCH3 is 1. The molecule has 0 radical (unpaired) electrons. The number of benzene rings is 3. The van der Waals surface area contributed by atoms with E-state index in [0.717, 1.165) is 38.9 Å². The van der Waals surface area contributed by atoms with E-state index in [9.17, 15) is 4.79 Å². The Morgan fingerprint density at radius 3 is 2.62 bits per heavy atom. The van der Waals surface area contributed by atoms with E-state index in [1.165, 1.54) is 0 Å². The fourth-order valence-corrected chi connectivity index (χ4v) is 3.19. The highest BCUT2D eigenvalue weighted by Crippen LogP contribution is 2.30. The zero-order chi connectivity index (χ0) is 17.9. The summed E-state index contributed by atoms with van der Waals surface area (Å²) in [5, 5.41) is 5.03. The molecule has 3 aromatic carbocycles. The fraction of sp³-hybridized carbons (Fsp3) is 0.136. The second-order valence-corrected chi connectivity index (χ2v) is 6.17. The molecule has 4 rings (SSSR count). The average Bonchev–Trinajstić information content (AvgIpc) is 3.04. The van der Waals surface area contributed by atoms with E-state index in [-0.39, 0.29) is 5.91 Å². The van der Waals surface area contributed by atoms with Crippen molar-refractivity contribution in [1.29, 1.82) is 0 Å². The SMILES string of the molecule is COc1ccccc1CCC(=O)Nc1ccc2oc3ccccc3c2c1. The highest BCUT2D eigenvalue weighted by Gasteiger charge is 2.10. The van der Waals surface area contributed by atoms with Crippen LogP contribution in [0.3, 0.4) is 0 Å².